The molecule has 2 heterocycles. The number of nitrogens with one attached hydrogen (secondary N) is 2. The molecule has 1 unspecified atom stereocenters. The number of aromatic nitrogens is 2. The molecule has 0 radical (unpaired) electrons. The maximum Gasteiger partial charge on any atom is 0.336 e. The number of anilines is 2. The van der Waals surface area contributed by atoms with Crippen molar-refractivity contribution in [2.45, 2.75) is 37.6 Å². The lowest BCUT2D eigenvalue weighted by atomic mass is 9.82. The number of ether oxygens (including phenoxy) is 1. The van der Waals surface area contributed by atoms with Crippen molar-refractivity contribution in [3.63, 3.8) is 0 Å². The van der Waals surface area contributed by atoms with Gasteiger partial charge in [-0.15, -0.1) is 0 Å². The van der Waals surface area contributed by atoms with Crippen molar-refractivity contribution < 1.29 is 13.9 Å². The van der Waals surface area contributed by atoms with Gasteiger partial charge in [-0.05, 0) is 50.1 Å². The molecule has 3 aromatic rings. The second kappa shape index (κ2) is 11.0. The Morgan fingerprint density at radius 2 is 1.83 bits per heavy atom. The van der Waals surface area contributed by atoms with E-state index in [0.717, 1.165) is 24.3 Å². The molecule has 9 heteroatoms. The monoisotopic (exact) mass is 508 g/mol. The smallest absolute Gasteiger partial charge is 0.336 e. The average molecular weight is 509 g/mol. The van der Waals surface area contributed by atoms with Crippen LogP contribution in [0.15, 0.2) is 69.8 Å². The van der Waals surface area contributed by atoms with Gasteiger partial charge in [0.05, 0.1) is 24.2 Å². The van der Waals surface area contributed by atoms with Gasteiger partial charge in [-0.2, -0.15) is 0 Å². The fraction of sp³-hybridized carbons (Fsp3) is 0.296. The molecule has 0 bridgehead atoms. The summed E-state index contributed by atoms with van der Waals surface area (Å²) in [5, 5.41) is 3.48. The van der Waals surface area contributed by atoms with E-state index in [1.807, 2.05) is 24.3 Å². The number of allylic oxidation sites excluding steroid dienone is 1. The third-order valence-electron chi connectivity index (χ3n) is 6.30. The van der Waals surface area contributed by atoms with E-state index in [-0.39, 0.29) is 11.4 Å². The summed E-state index contributed by atoms with van der Waals surface area (Å²) in [7, 11) is 1.32. The minimum absolute atomic E-state index is 0.307. The number of rotatable bonds is 8. The fourth-order valence-electron chi connectivity index (χ4n) is 4.44. The number of benzene rings is 2. The predicted octanol–water partition coefficient (Wildman–Crippen LogP) is 5.05. The lowest BCUT2D eigenvalue weighted by Gasteiger charge is -2.29. The van der Waals surface area contributed by atoms with Crippen LogP contribution in [-0.2, 0) is 15.3 Å². The maximum absolute atomic E-state index is 14.0. The molecule has 1 aliphatic heterocycles. The number of hydrogen-bond acceptors (Lipinski definition) is 7. The van der Waals surface area contributed by atoms with Crippen molar-refractivity contribution >= 4 is 29.2 Å². The van der Waals surface area contributed by atoms with Gasteiger partial charge in [-0.25, -0.2) is 14.2 Å². The normalized spacial score (nSPS) is 14.8. The van der Waals surface area contributed by atoms with Crippen LogP contribution >= 0.6 is 11.8 Å². The highest BCUT2D eigenvalue weighted by molar-refractivity contribution is 7.98. The molecule has 0 spiro atoms. The molecule has 36 heavy (non-hydrogen) atoms. The zero-order chi connectivity index (χ0) is 25.8. The molecular formula is C27H29FN4O3S. The Balaban J connectivity index is 1.75. The Morgan fingerprint density at radius 3 is 2.47 bits per heavy atom. The molecule has 0 saturated carbocycles. The first-order valence-electron chi connectivity index (χ1n) is 11.8. The number of H-pyrrole nitrogens is 1. The molecule has 0 amide bonds. The van der Waals surface area contributed by atoms with Gasteiger partial charge in [0.2, 0.25) is 0 Å². The van der Waals surface area contributed by atoms with Gasteiger partial charge < -0.3 is 19.9 Å². The molecule has 0 aliphatic carbocycles. The fourth-order valence-corrected chi connectivity index (χ4v) is 5.29. The summed E-state index contributed by atoms with van der Waals surface area (Å²) in [6.45, 7) is 7.69. The minimum atomic E-state index is -0.652. The van der Waals surface area contributed by atoms with E-state index in [4.69, 9.17) is 4.74 Å². The number of aromatic amines is 1. The van der Waals surface area contributed by atoms with E-state index < -0.39 is 11.9 Å². The minimum Gasteiger partial charge on any atom is -0.466 e. The number of carbonyl (C=O) groups excluding carboxylic acids is 1. The lowest BCUT2D eigenvalue weighted by molar-refractivity contribution is -0.136. The van der Waals surface area contributed by atoms with Crippen LogP contribution in [0.25, 0.3) is 0 Å². The number of fused-ring (bicyclic) bond motifs is 1. The molecular weight excluding hydrogens is 479 g/mol. The van der Waals surface area contributed by atoms with Gasteiger partial charge in [0.1, 0.15) is 11.6 Å². The lowest BCUT2D eigenvalue weighted by Crippen LogP contribution is -2.31. The van der Waals surface area contributed by atoms with E-state index in [1.165, 1.54) is 24.9 Å². The van der Waals surface area contributed by atoms with E-state index in [1.54, 1.807) is 25.1 Å². The number of nitrogens with zero attached hydrogens (tertiary/aromatic N) is 2. The standard InChI is InChI=1S/C27H29FN4O3S/c1-5-32(6-2)19-13-11-17(12-14-19)22-21(26(34)35-4)16(3)29-24-23(22)25(33)31-27(30-24)36-15-18-9-7-8-10-20(18)28/h7-14,22H,5-6,15H2,1-4H3,(H2,29,30,31,33). The number of halogens is 1. The van der Waals surface area contributed by atoms with Crippen LogP contribution in [0, 0.1) is 5.82 Å². The summed E-state index contributed by atoms with van der Waals surface area (Å²) in [6.07, 6.45) is 0. The third kappa shape index (κ3) is 5.02. The van der Waals surface area contributed by atoms with E-state index >= 15 is 0 Å². The first kappa shape index (κ1) is 25.5. The van der Waals surface area contributed by atoms with Gasteiger partial charge in [-0.1, -0.05) is 42.1 Å². The van der Waals surface area contributed by atoms with Crippen molar-refractivity contribution in [1.29, 1.82) is 0 Å². The highest BCUT2D eigenvalue weighted by Gasteiger charge is 2.36. The third-order valence-corrected chi connectivity index (χ3v) is 7.23. The van der Waals surface area contributed by atoms with Gasteiger partial charge >= 0.3 is 5.97 Å². The molecule has 0 saturated heterocycles. The van der Waals surface area contributed by atoms with E-state index in [0.29, 0.717) is 39.1 Å². The topological polar surface area (TPSA) is 87.3 Å². The largest absolute Gasteiger partial charge is 0.466 e. The van der Waals surface area contributed by atoms with Crippen LogP contribution in [0.4, 0.5) is 15.9 Å². The molecule has 1 aliphatic rings. The van der Waals surface area contributed by atoms with Gasteiger partial charge in [0.25, 0.3) is 5.56 Å². The summed E-state index contributed by atoms with van der Waals surface area (Å²) in [5.74, 6) is -0.787. The Labute approximate surface area is 213 Å². The Hall–Kier alpha value is -3.59. The summed E-state index contributed by atoms with van der Waals surface area (Å²) in [4.78, 5) is 35.8. The van der Waals surface area contributed by atoms with Gasteiger partial charge in [0, 0.05) is 30.2 Å². The molecule has 188 valence electrons. The molecule has 0 fully saturated rings. The van der Waals surface area contributed by atoms with Crippen LogP contribution in [-0.4, -0.2) is 36.1 Å². The second-order valence-corrected chi connectivity index (χ2v) is 9.33. The number of esters is 1. The van der Waals surface area contributed by atoms with Crippen LogP contribution in [0.3, 0.4) is 0 Å². The highest BCUT2D eigenvalue weighted by Crippen LogP contribution is 2.40. The van der Waals surface area contributed by atoms with Crippen molar-refractivity contribution in [2.24, 2.45) is 0 Å². The van der Waals surface area contributed by atoms with Gasteiger partial charge in [-0.3, -0.25) is 4.79 Å². The second-order valence-electron chi connectivity index (χ2n) is 8.37. The Bertz CT molecular complexity index is 1350. The number of hydrogen-bond donors (Lipinski definition) is 2. The molecule has 7 nitrogen and oxygen atoms in total. The Kier molecular flexibility index (Phi) is 7.79. The molecule has 1 aromatic heterocycles. The summed E-state index contributed by atoms with van der Waals surface area (Å²) >= 11 is 1.23. The zero-order valence-electron chi connectivity index (χ0n) is 20.7. The SMILES string of the molecule is CCN(CC)c1ccc(C2C(C(=O)OC)=C(C)Nc3nc(SCc4ccccc4F)[nH]c(=O)c32)cc1. The van der Waals surface area contributed by atoms with Crippen molar-refractivity contribution in [3.8, 4) is 0 Å². The van der Waals surface area contributed by atoms with Crippen LogP contribution in [0.5, 0.6) is 0 Å². The van der Waals surface area contributed by atoms with E-state index in [9.17, 15) is 14.0 Å². The first-order chi connectivity index (χ1) is 17.4. The number of carbonyl (C=O) groups is 1. The van der Waals surface area contributed by atoms with Crippen molar-refractivity contribution in [3.05, 3.63) is 92.7 Å². The molecule has 1 atom stereocenters. The summed E-state index contributed by atoms with van der Waals surface area (Å²) in [5.41, 5.74) is 3.26. The van der Waals surface area contributed by atoms with Crippen molar-refractivity contribution in [1.82, 2.24) is 9.97 Å². The Morgan fingerprint density at radius 1 is 1.14 bits per heavy atom. The maximum atomic E-state index is 14.0. The molecule has 2 aromatic carbocycles. The molecule has 4 rings (SSSR count). The number of methoxy groups -OCH3 is 1. The first-order valence-corrected chi connectivity index (χ1v) is 12.8. The van der Waals surface area contributed by atoms with Crippen LogP contribution in [0.2, 0.25) is 0 Å². The highest BCUT2D eigenvalue weighted by atomic mass is 32.2. The average Bonchev–Trinajstić information content (AvgIpc) is 2.88. The van der Waals surface area contributed by atoms with E-state index in [2.05, 4.69) is 34.0 Å². The predicted molar refractivity (Wildman–Crippen MR) is 141 cm³/mol. The van der Waals surface area contributed by atoms with Crippen LogP contribution in [0.1, 0.15) is 43.4 Å². The summed E-state index contributed by atoms with van der Waals surface area (Å²) < 4.78 is 19.1. The van der Waals surface area contributed by atoms with Crippen molar-refractivity contribution in [2.75, 3.05) is 30.4 Å². The molecule has 2 N–H and O–H groups in total. The zero-order valence-corrected chi connectivity index (χ0v) is 21.5. The van der Waals surface area contributed by atoms with Crippen LogP contribution < -0.4 is 15.8 Å². The summed E-state index contributed by atoms with van der Waals surface area (Å²) in [6, 6.07) is 14.4. The number of thioether (sulfide) groups is 1. The quantitative estimate of drug-likeness (QED) is 0.250. The van der Waals surface area contributed by atoms with Gasteiger partial charge in [0.15, 0.2) is 5.16 Å².